The molecule has 202 valence electrons. The number of hydrogen-bond acceptors (Lipinski definition) is 6. The highest BCUT2D eigenvalue weighted by Crippen LogP contribution is 2.47. The Hall–Kier alpha value is -3.23. The number of carboxylic acid groups (broad SMARTS) is 1. The average molecular weight is 531 g/mol. The van der Waals surface area contributed by atoms with Crippen molar-refractivity contribution in [1.29, 1.82) is 0 Å². The molecular weight excluding hydrogens is 507 g/mol. The number of aliphatic imine (C=N–C) groups is 1. The van der Waals surface area contributed by atoms with E-state index in [1.54, 1.807) is 13.8 Å². The third-order valence-electron chi connectivity index (χ3n) is 6.00. The molecule has 1 aromatic rings. The van der Waals surface area contributed by atoms with Crippen LogP contribution < -0.4 is 5.73 Å². The fourth-order valence-corrected chi connectivity index (χ4v) is 3.14. The van der Waals surface area contributed by atoms with Crippen molar-refractivity contribution in [3.8, 4) is 0 Å². The number of benzene rings is 1. The number of nitrogens with two attached hydrogens (primary N) is 1. The minimum atomic E-state index is -5.15. The lowest BCUT2D eigenvalue weighted by Gasteiger charge is -2.46. The van der Waals surface area contributed by atoms with E-state index in [-0.39, 0.29) is 17.1 Å². The van der Waals surface area contributed by atoms with Crippen LogP contribution in [0.2, 0.25) is 0 Å². The van der Waals surface area contributed by atoms with Gasteiger partial charge in [-0.05, 0) is 45.4 Å². The second-order valence-electron chi connectivity index (χ2n) is 8.82. The SMILES string of the molecule is CN1C(=O)C(C)(C)[C@@](C)(c2cc(CC(=O)C(C)(O)C(F)(F)F)ccc2F)N=C1N.O=C(O)C(F)(F)F. The molecule has 1 aromatic carbocycles. The third kappa shape index (κ3) is 5.77. The predicted molar refractivity (Wildman–Crippen MR) is 111 cm³/mol. The number of Topliss-reactive ketones (excluding diaryl/α,β-unsaturated/α-hetero) is 1. The van der Waals surface area contributed by atoms with Crippen LogP contribution in [0.25, 0.3) is 0 Å². The molecule has 0 saturated heterocycles. The topological polar surface area (TPSA) is 133 Å². The van der Waals surface area contributed by atoms with E-state index >= 15 is 0 Å². The lowest BCUT2D eigenvalue weighted by molar-refractivity contribution is -0.243. The van der Waals surface area contributed by atoms with Crippen molar-refractivity contribution in [3.63, 3.8) is 0 Å². The van der Waals surface area contributed by atoms with Gasteiger partial charge in [-0.15, -0.1) is 0 Å². The van der Waals surface area contributed by atoms with Gasteiger partial charge in [0, 0.05) is 19.0 Å². The van der Waals surface area contributed by atoms with E-state index in [4.69, 9.17) is 15.6 Å². The Balaban J connectivity index is 0.000000809. The molecule has 2 atom stereocenters. The maximum Gasteiger partial charge on any atom is 0.490 e. The minimum absolute atomic E-state index is 0.0353. The summed E-state index contributed by atoms with van der Waals surface area (Å²) >= 11 is 0. The molecule has 15 heteroatoms. The van der Waals surface area contributed by atoms with Crippen LogP contribution in [0.4, 0.5) is 30.7 Å². The maximum atomic E-state index is 14.7. The molecule has 4 N–H and O–H groups in total. The Bertz CT molecular complexity index is 1080. The number of nitrogens with zero attached hydrogens (tertiary/aromatic N) is 2. The van der Waals surface area contributed by atoms with Crippen LogP contribution >= 0.6 is 0 Å². The van der Waals surface area contributed by atoms with Gasteiger partial charge < -0.3 is 15.9 Å². The number of halogens is 7. The van der Waals surface area contributed by atoms with Crippen molar-refractivity contribution in [2.24, 2.45) is 16.1 Å². The Labute approximate surface area is 200 Å². The molecule has 1 aliphatic heterocycles. The first-order valence-electron chi connectivity index (χ1n) is 9.96. The maximum absolute atomic E-state index is 14.7. The standard InChI is InChI=1S/C19H23F4N3O3.C2HF3O2/c1-16(2)14(28)26(5)15(24)25-17(16,3)11-8-10(6-7-12(11)20)9-13(27)18(4,29)19(21,22)23;3-2(4,5)1(6)7/h6-8,29H,9H2,1-5H3,(H2,24,25);(H,6,7)/t17-,18?;/m1./s1. The highest BCUT2D eigenvalue weighted by atomic mass is 19.4. The van der Waals surface area contributed by atoms with Gasteiger partial charge >= 0.3 is 18.3 Å². The van der Waals surface area contributed by atoms with E-state index in [9.17, 15) is 45.4 Å². The van der Waals surface area contributed by atoms with Crippen LogP contribution in [0.5, 0.6) is 0 Å². The lowest BCUT2D eigenvalue weighted by atomic mass is 9.67. The van der Waals surface area contributed by atoms with Crippen LogP contribution in [-0.4, -0.2) is 63.7 Å². The summed E-state index contributed by atoms with van der Waals surface area (Å²) in [6.07, 6.45) is -11.0. The Morgan fingerprint density at radius 2 is 1.58 bits per heavy atom. The molecule has 0 fully saturated rings. The molecule has 0 aromatic heterocycles. The number of rotatable bonds is 4. The van der Waals surface area contributed by atoms with E-state index in [1.165, 1.54) is 20.0 Å². The summed E-state index contributed by atoms with van der Waals surface area (Å²) in [6.45, 7) is 4.95. The van der Waals surface area contributed by atoms with Gasteiger partial charge in [0.15, 0.2) is 11.7 Å². The van der Waals surface area contributed by atoms with Gasteiger partial charge in [-0.2, -0.15) is 26.3 Å². The van der Waals surface area contributed by atoms with Gasteiger partial charge in [0.05, 0.1) is 5.41 Å². The number of carbonyl (C=O) groups excluding carboxylic acids is 2. The number of carbonyl (C=O) groups is 3. The number of aliphatic carboxylic acids is 1. The molecule has 2 rings (SSSR count). The Kier molecular flexibility index (Phi) is 8.27. The average Bonchev–Trinajstić information content (AvgIpc) is 2.71. The van der Waals surface area contributed by atoms with Crippen molar-refractivity contribution in [1.82, 2.24) is 4.90 Å². The smallest absolute Gasteiger partial charge is 0.475 e. The number of amides is 1. The summed E-state index contributed by atoms with van der Waals surface area (Å²) in [4.78, 5) is 39.0. The first-order valence-corrected chi connectivity index (χ1v) is 9.96. The lowest BCUT2D eigenvalue weighted by Crippen LogP contribution is -2.58. The first-order chi connectivity index (χ1) is 15.9. The Morgan fingerprint density at radius 3 is 2.00 bits per heavy atom. The summed E-state index contributed by atoms with van der Waals surface area (Å²) in [7, 11) is 1.42. The van der Waals surface area contributed by atoms with E-state index in [1.807, 2.05) is 0 Å². The number of guanidine groups is 1. The summed E-state index contributed by atoms with van der Waals surface area (Å²) < 4.78 is 85.1. The van der Waals surface area contributed by atoms with Gasteiger partial charge in [0.25, 0.3) is 0 Å². The quantitative estimate of drug-likeness (QED) is 0.512. The van der Waals surface area contributed by atoms with Crippen LogP contribution in [0.3, 0.4) is 0 Å². The van der Waals surface area contributed by atoms with Crippen LogP contribution in [0.15, 0.2) is 23.2 Å². The second-order valence-corrected chi connectivity index (χ2v) is 8.82. The molecule has 0 aliphatic carbocycles. The van der Waals surface area contributed by atoms with Crippen molar-refractivity contribution in [2.75, 3.05) is 7.05 Å². The van der Waals surface area contributed by atoms with Crippen LogP contribution in [0, 0.1) is 11.2 Å². The fourth-order valence-electron chi connectivity index (χ4n) is 3.14. The van der Waals surface area contributed by atoms with Crippen molar-refractivity contribution >= 4 is 23.6 Å². The van der Waals surface area contributed by atoms with E-state index in [0.717, 1.165) is 17.0 Å². The highest BCUT2D eigenvalue weighted by molar-refractivity contribution is 6.01. The third-order valence-corrected chi connectivity index (χ3v) is 6.00. The van der Waals surface area contributed by atoms with E-state index in [0.29, 0.717) is 6.92 Å². The van der Waals surface area contributed by atoms with Crippen molar-refractivity contribution in [2.45, 2.75) is 57.6 Å². The molecule has 36 heavy (non-hydrogen) atoms. The first kappa shape index (κ1) is 30.8. The normalized spacial score (nSPS) is 21.6. The van der Waals surface area contributed by atoms with Gasteiger partial charge in [-0.1, -0.05) is 6.07 Å². The summed E-state index contributed by atoms with van der Waals surface area (Å²) in [5, 5.41) is 16.7. The second kappa shape index (κ2) is 9.67. The van der Waals surface area contributed by atoms with E-state index in [2.05, 4.69) is 4.99 Å². The Morgan fingerprint density at radius 1 is 1.11 bits per heavy atom. The zero-order chi connectivity index (χ0) is 28.7. The monoisotopic (exact) mass is 531 g/mol. The molecule has 8 nitrogen and oxygen atoms in total. The molecule has 1 unspecified atom stereocenters. The van der Waals surface area contributed by atoms with Gasteiger partial charge in [0.2, 0.25) is 11.5 Å². The zero-order valence-electron chi connectivity index (χ0n) is 19.7. The van der Waals surface area contributed by atoms with Crippen LogP contribution in [0.1, 0.15) is 38.8 Å². The molecule has 0 saturated carbocycles. The van der Waals surface area contributed by atoms with E-state index < -0.39 is 58.8 Å². The molecule has 1 heterocycles. The number of ketones is 1. The molecule has 1 amide bonds. The van der Waals surface area contributed by atoms with Gasteiger partial charge in [-0.3, -0.25) is 14.5 Å². The number of hydrogen-bond donors (Lipinski definition) is 3. The molecular formula is C21H24F7N3O5. The number of alkyl halides is 6. The highest BCUT2D eigenvalue weighted by Gasteiger charge is 2.56. The largest absolute Gasteiger partial charge is 0.490 e. The fraction of sp³-hybridized carbons (Fsp3) is 0.524. The summed E-state index contributed by atoms with van der Waals surface area (Å²) in [5.74, 6) is -5.57. The summed E-state index contributed by atoms with van der Waals surface area (Å²) in [6, 6.07) is 3.30. The van der Waals surface area contributed by atoms with Crippen LogP contribution in [-0.2, 0) is 26.3 Å². The van der Waals surface area contributed by atoms with Crippen molar-refractivity contribution < 1.29 is 55.3 Å². The van der Waals surface area contributed by atoms with Crippen molar-refractivity contribution in [3.05, 3.63) is 35.1 Å². The minimum Gasteiger partial charge on any atom is -0.475 e. The zero-order valence-corrected chi connectivity index (χ0v) is 19.7. The molecule has 0 radical (unpaired) electrons. The molecule has 0 spiro atoms. The number of aliphatic hydroxyl groups is 1. The number of carboxylic acids is 1. The van der Waals surface area contributed by atoms with Gasteiger partial charge in [-0.25, -0.2) is 14.2 Å². The molecule has 0 bridgehead atoms. The van der Waals surface area contributed by atoms with Gasteiger partial charge in [0.1, 0.15) is 11.4 Å². The summed E-state index contributed by atoms with van der Waals surface area (Å²) in [5.41, 5.74) is -0.527. The molecule has 1 aliphatic rings. The predicted octanol–water partition coefficient (Wildman–Crippen LogP) is 2.91.